The van der Waals surface area contributed by atoms with Crippen molar-refractivity contribution in [2.24, 2.45) is 0 Å². The van der Waals surface area contributed by atoms with Crippen molar-refractivity contribution in [3.8, 4) is 0 Å². The Kier molecular flexibility index (Phi) is 16.3. The van der Waals surface area contributed by atoms with E-state index in [4.69, 9.17) is 9.47 Å². The van der Waals surface area contributed by atoms with Crippen LogP contribution in [0.2, 0.25) is 0 Å². The Labute approximate surface area is 183 Å². The van der Waals surface area contributed by atoms with Gasteiger partial charge in [-0.15, -0.1) is 0 Å². The van der Waals surface area contributed by atoms with Crippen molar-refractivity contribution in [1.29, 1.82) is 0 Å². The fraction of sp³-hybridized carbons (Fsp3) is 0.958. The highest BCUT2D eigenvalue weighted by Gasteiger charge is 2.39. The summed E-state index contributed by atoms with van der Waals surface area (Å²) in [6.07, 6.45) is 15.4. The number of esters is 1. The van der Waals surface area contributed by atoms with Gasteiger partial charge in [-0.25, -0.2) is 0 Å². The van der Waals surface area contributed by atoms with Crippen LogP contribution in [-0.2, 0) is 14.3 Å². The van der Waals surface area contributed by atoms with E-state index in [9.17, 15) is 20.1 Å². The van der Waals surface area contributed by atoms with E-state index in [1.165, 1.54) is 77.0 Å². The topological polar surface area (TPSA) is 96.2 Å². The lowest BCUT2D eigenvalue weighted by Gasteiger charge is -2.20. The van der Waals surface area contributed by atoms with Gasteiger partial charge in [-0.05, 0) is 6.42 Å². The third-order valence-electron chi connectivity index (χ3n) is 5.97. The first-order valence-corrected chi connectivity index (χ1v) is 12.4. The molecule has 4 atom stereocenters. The van der Waals surface area contributed by atoms with Gasteiger partial charge in [0.05, 0.1) is 6.61 Å². The SMILES string of the molecule is CCCCCCCCCCCCCCCCCC(=O)OC[C@@H](O)[C@H]1OC[C@@H](O)[C@@H]1O. The number of aliphatic hydroxyl groups excluding tert-OH is 3. The molecule has 6 nitrogen and oxygen atoms in total. The van der Waals surface area contributed by atoms with Gasteiger partial charge >= 0.3 is 5.97 Å². The summed E-state index contributed by atoms with van der Waals surface area (Å²) < 4.78 is 10.2. The zero-order valence-electron chi connectivity index (χ0n) is 19.1. The van der Waals surface area contributed by atoms with E-state index < -0.39 is 24.4 Å². The van der Waals surface area contributed by atoms with Crippen molar-refractivity contribution in [1.82, 2.24) is 0 Å². The largest absolute Gasteiger partial charge is 0.463 e. The van der Waals surface area contributed by atoms with Crippen LogP contribution in [0.1, 0.15) is 110 Å². The van der Waals surface area contributed by atoms with Crippen LogP contribution in [0.4, 0.5) is 0 Å². The molecule has 0 unspecified atom stereocenters. The van der Waals surface area contributed by atoms with E-state index in [1.54, 1.807) is 0 Å². The summed E-state index contributed by atoms with van der Waals surface area (Å²) in [7, 11) is 0. The molecule has 0 saturated carbocycles. The van der Waals surface area contributed by atoms with Gasteiger partial charge in [-0.3, -0.25) is 4.79 Å². The molecule has 0 bridgehead atoms. The molecule has 1 fully saturated rings. The molecule has 6 heteroatoms. The Morgan fingerprint density at radius 3 is 1.77 bits per heavy atom. The molecule has 1 heterocycles. The molecule has 1 saturated heterocycles. The second-order valence-corrected chi connectivity index (χ2v) is 8.81. The highest BCUT2D eigenvalue weighted by atomic mass is 16.6. The lowest BCUT2D eigenvalue weighted by atomic mass is 10.0. The van der Waals surface area contributed by atoms with Gasteiger partial charge < -0.3 is 24.8 Å². The minimum absolute atomic E-state index is 0.0179. The highest BCUT2D eigenvalue weighted by molar-refractivity contribution is 5.69. The number of hydrogen-bond donors (Lipinski definition) is 3. The first-order chi connectivity index (χ1) is 14.6. The first kappa shape index (κ1) is 27.3. The zero-order valence-corrected chi connectivity index (χ0v) is 19.1. The van der Waals surface area contributed by atoms with Gasteiger partial charge in [0.1, 0.15) is 31.0 Å². The molecule has 0 aromatic carbocycles. The smallest absolute Gasteiger partial charge is 0.305 e. The van der Waals surface area contributed by atoms with Crippen LogP contribution < -0.4 is 0 Å². The minimum Gasteiger partial charge on any atom is -0.463 e. The lowest BCUT2D eigenvalue weighted by molar-refractivity contribution is -0.151. The minimum atomic E-state index is -1.14. The zero-order chi connectivity index (χ0) is 22.0. The molecule has 1 aliphatic heterocycles. The highest BCUT2D eigenvalue weighted by Crippen LogP contribution is 2.18. The van der Waals surface area contributed by atoms with Gasteiger partial charge in [-0.1, -0.05) is 96.8 Å². The quantitative estimate of drug-likeness (QED) is 0.209. The van der Waals surface area contributed by atoms with Crippen molar-refractivity contribution in [3.05, 3.63) is 0 Å². The van der Waals surface area contributed by atoms with Crippen molar-refractivity contribution in [2.45, 2.75) is 134 Å². The summed E-state index contributed by atoms with van der Waals surface area (Å²) in [6, 6.07) is 0. The molecule has 3 N–H and O–H groups in total. The van der Waals surface area contributed by atoms with Crippen molar-refractivity contribution < 1.29 is 29.6 Å². The fourth-order valence-corrected chi connectivity index (χ4v) is 3.95. The summed E-state index contributed by atoms with van der Waals surface area (Å²) in [5.41, 5.74) is 0. The van der Waals surface area contributed by atoms with E-state index in [0.29, 0.717) is 6.42 Å². The maximum atomic E-state index is 11.8. The van der Waals surface area contributed by atoms with Crippen LogP contribution in [0.25, 0.3) is 0 Å². The summed E-state index contributed by atoms with van der Waals surface area (Å²) in [5.74, 6) is -0.336. The predicted octanol–water partition coefficient (Wildman–Crippen LogP) is 4.27. The van der Waals surface area contributed by atoms with Gasteiger partial charge in [0, 0.05) is 6.42 Å². The van der Waals surface area contributed by atoms with E-state index in [0.717, 1.165) is 19.3 Å². The predicted molar refractivity (Wildman–Crippen MR) is 118 cm³/mol. The first-order valence-electron chi connectivity index (χ1n) is 12.4. The number of unbranched alkanes of at least 4 members (excludes halogenated alkanes) is 14. The lowest BCUT2D eigenvalue weighted by Crippen LogP contribution is -2.41. The second-order valence-electron chi connectivity index (χ2n) is 8.81. The van der Waals surface area contributed by atoms with Crippen LogP contribution in [0, 0.1) is 0 Å². The molecule has 30 heavy (non-hydrogen) atoms. The molecule has 1 rings (SSSR count). The van der Waals surface area contributed by atoms with E-state index in [-0.39, 0.29) is 19.2 Å². The van der Waals surface area contributed by atoms with Crippen molar-refractivity contribution in [3.63, 3.8) is 0 Å². The van der Waals surface area contributed by atoms with E-state index >= 15 is 0 Å². The van der Waals surface area contributed by atoms with Crippen LogP contribution in [-0.4, -0.2) is 58.9 Å². The fourth-order valence-electron chi connectivity index (χ4n) is 3.95. The van der Waals surface area contributed by atoms with Gasteiger partial charge in [0.2, 0.25) is 0 Å². The van der Waals surface area contributed by atoms with E-state index in [1.807, 2.05) is 0 Å². The van der Waals surface area contributed by atoms with Gasteiger partial charge in [0.25, 0.3) is 0 Å². The van der Waals surface area contributed by atoms with Gasteiger partial charge in [0.15, 0.2) is 0 Å². The molecule has 0 radical (unpaired) electrons. The Morgan fingerprint density at radius 1 is 0.867 bits per heavy atom. The molecule has 0 aromatic rings. The Hall–Kier alpha value is -0.690. The monoisotopic (exact) mass is 430 g/mol. The molecule has 178 valence electrons. The van der Waals surface area contributed by atoms with Crippen LogP contribution in [0.15, 0.2) is 0 Å². The maximum absolute atomic E-state index is 11.8. The summed E-state index contributed by atoms with van der Waals surface area (Å²) in [6.45, 7) is 2.03. The molecule has 0 aromatic heterocycles. The Morgan fingerprint density at radius 2 is 1.33 bits per heavy atom. The van der Waals surface area contributed by atoms with Crippen LogP contribution in [0.3, 0.4) is 0 Å². The van der Waals surface area contributed by atoms with Crippen LogP contribution in [0.5, 0.6) is 0 Å². The number of carbonyl (C=O) groups is 1. The normalized spacial score (nSPS) is 22.3. The summed E-state index contributed by atoms with van der Waals surface area (Å²) >= 11 is 0. The van der Waals surface area contributed by atoms with Gasteiger partial charge in [-0.2, -0.15) is 0 Å². The third-order valence-corrected chi connectivity index (χ3v) is 5.97. The molecule has 0 aliphatic carbocycles. The Balaban J connectivity index is 1.83. The summed E-state index contributed by atoms with van der Waals surface area (Å²) in [5, 5.41) is 29.0. The molecule has 0 amide bonds. The van der Waals surface area contributed by atoms with E-state index in [2.05, 4.69) is 6.92 Å². The summed E-state index contributed by atoms with van der Waals surface area (Å²) in [4.78, 5) is 11.8. The van der Waals surface area contributed by atoms with Crippen molar-refractivity contribution >= 4 is 5.97 Å². The van der Waals surface area contributed by atoms with Crippen molar-refractivity contribution in [2.75, 3.05) is 13.2 Å². The average Bonchev–Trinajstić information content (AvgIpc) is 3.07. The maximum Gasteiger partial charge on any atom is 0.305 e. The Bertz CT molecular complexity index is 417. The molecular formula is C24H46O6. The number of hydrogen-bond acceptors (Lipinski definition) is 6. The second kappa shape index (κ2) is 17.9. The number of aliphatic hydroxyl groups is 3. The molecule has 0 spiro atoms. The third kappa shape index (κ3) is 12.9. The number of ether oxygens (including phenoxy) is 2. The number of rotatable bonds is 19. The molecule has 1 aliphatic rings. The molecular weight excluding hydrogens is 384 g/mol. The average molecular weight is 431 g/mol. The standard InChI is InChI=1S/C24H46O6/c1-2-3-4-5-6-7-8-9-10-11-12-13-14-15-16-17-22(27)29-19-21(26)24-23(28)20(25)18-30-24/h20-21,23-26,28H,2-19H2,1H3/t20-,21-,23+,24-/m1/s1. The number of carbonyl (C=O) groups excluding carboxylic acids is 1. The van der Waals surface area contributed by atoms with Crippen LogP contribution >= 0.6 is 0 Å².